The van der Waals surface area contributed by atoms with Crippen LogP contribution in [0.25, 0.3) is 0 Å². The van der Waals surface area contributed by atoms with Gasteiger partial charge >= 0.3 is 0 Å². The van der Waals surface area contributed by atoms with Crippen molar-refractivity contribution in [2.24, 2.45) is 5.41 Å². The summed E-state index contributed by atoms with van der Waals surface area (Å²) in [6.45, 7) is 3.92. The number of aliphatic hydroxyl groups excluding tert-OH is 2. The van der Waals surface area contributed by atoms with Gasteiger partial charge in [0.2, 0.25) is 5.91 Å². The molecule has 0 fully saturated rings. The van der Waals surface area contributed by atoms with E-state index in [-0.39, 0.29) is 25.7 Å². The molecule has 0 unspecified atom stereocenters. The van der Waals surface area contributed by atoms with E-state index in [9.17, 15) is 15.0 Å². The number of carbonyl (C=O) groups is 1. The van der Waals surface area contributed by atoms with Crippen molar-refractivity contribution in [1.82, 2.24) is 4.90 Å². The average Bonchev–Trinajstić information content (AvgIpc) is 2.42. The molecule has 5 nitrogen and oxygen atoms in total. The minimum Gasteiger partial charge on any atom is -0.396 e. The first-order valence-electron chi connectivity index (χ1n) is 6.76. The molecule has 0 aliphatic rings. The van der Waals surface area contributed by atoms with Crippen LogP contribution >= 0.6 is 11.6 Å². The van der Waals surface area contributed by atoms with E-state index in [0.717, 1.165) is 5.56 Å². The molecule has 0 atom stereocenters. The minimum absolute atomic E-state index is 0.140. The quantitative estimate of drug-likeness (QED) is 0.713. The predicted octanol–water partition coefficient (Wildman–Crippen LogP) is 1.51. The third-order valence-corrected chi connectivity index (χ3v) is 3.63. The number of nitrogens with one attached hydrogen (secondary N) is 1. The largest absolute Gasteiger partial charge is 0.396 e. The van der Waals surface area contributed by atoms with Crippen LogP contribution in [0, 0.1) is 12.3 Å². The number of hydrogen-bond donors (Lipinski definition) is 3. The molecule has 1 aromatic rings. The molecular formula is C15H23ClN2O3. The number of amides is 1. The third kappa shape index (κ3) is 5.28. The van der Waals surface area contributed by atoms with Crippen molar-refractivity contribution in [3.63, 3.8) is 0 Å². The van der Waals surface area contributed by atoms with Crippen LogP contribution in [0.1, 0.15) is 12.5 Å². The number of likely N-dealkylation sites (N-methyl/N-ethyl adjacent to an activating group) is 1. The van der Waals surface area contributed by atoms with Gasteiger partial charge in [0.05, 0.1) is 30.5 Å². The summed E-state index contributed by atoms with van der Waals surface area (Å²) < 4.78 is 0. The predicted molar refractivity (Wildman–Crippen MR) is 84.6 cm³/mol. The number of anilines is 1. The minimum atomic E-state index is -0.630. The summed E-state index contributed by atoms with van der Waals surface area (Å²) in [6, 6.07) is 5.43. The first-order valence-corrected chi connectivity index (χ1v) is 7.14. The number of para-hydroxylation sites is 1. The van der Waals surface area contributed by atoms with Crippen molar-refractivity contribution in [3.05, 3.63) is 28.8 Å². The number of nitrogens with zero attached hydrogens (tertiary/aromatic N) is 1. The first kappa shape index (κ1) is 17.9. The van der Waals surface area contributed by atoms with E-state index in [1.165, 1.54) is 0 Å². The molecule has 3 N–H and O–H groups in total. The van der Waals surface area contributed by atoms with Crippen molar-refractivity contribution >= 4 is 23.2 Å². The van der Waals surface area contributed by atoms with Crippen LogP contribution in [0.2, 0.25) is 5.02 Å². The Morgan fingerprint density at radius 2 is 2.00 bits per heavy atom. The highest BCUT2D eigenvalue weighted by Gasteiger charge is 2.25. The highest BCUT2D eigenvalue weighted by atomic mass is 35.5. The van der Waals surface area contributed by atoms with E-state index >= 15 is 0 Å². The van der Waals surface area contributed by atoms with Gasteiger partial charge in [-0.1, -0.05) is 30.7 Å². The van der Waals surface area contributed by atoms with Crippen molar-refractivity contribution in [2.75, 3.05) is 38.7 Å². The molecule has 0 aliphatic carbocycles. The molecule has 0 aliphatic heterocycles. The maximum absolute atomic E-state index is 12.1. The molecule has 1 aromatic carbocycles. The van der Waals surface area contributed by atoms with Crippen molar-refractivity contribution in [3.8, 4) is 0 Å². The van der Waals surface area contributed by atoms with E-state index in [2.05, 4.69) is 5.32 Å². The van der Waals surface area contributed by atoms with Crippen molar-refractivity contribution < 1.29 is 15.0 Å². The molecular weight excluding hydrogens is 292 g/mol. The summed E-state index contributed by atoms with van der Waals surface area (Å²) in [7, 11) is 1.77. The third-order valence-electron chi connectivity index (χ3n) is 3.31. The Kier molecular flexibility index (Phi) is 6.61. The van der Waals surface area contributed by atoms with Crippen LogP contribution in [0.4, 0.5) is 5.69 Å². The fourth-order valence-electron chi connectivity index (χ4n) is 2.07. The summed E-state index contributed by atoms with van der Waals surface area (Å²) in [5, 5.41) is 21.8. The molecule has 21 heavy (non-hydrogen) atoms. The normalized spacial score (nSPS) is 11.8. The van der Waals surface area contributed by atoms with E-state index in [1.807, 2.05) is 19.1 Å². The van der Waals surface area contributed by atoms with Gasteiger partial charge in [0.25, 0.3) is 0 Å². The SMILES string of the molecule is Cc1cccc(Cl)c1NC(=O)CN(C)CC(C)(CO)CO. The van der Waals surface area contributed by atoms with Crippen LogP contribution in [0.3, 0.4) is 0 Å². The van der Waals surface area contributed by atoms with Crippen LogP contribution in [-0.4, -0.2) is 54.4 Å². The molecule has 1 rings (SSSR count). The van der Waals surface area contributed by atoms with E-state index in [4.69, 9.17) is 11.6 Å². The average molecular weight is 315 g/mol. The van der Waals surface area contributed by atoms with Crippen LogP contribution < -0.4 is 5.32 Å². The zero-order valence-electron chi connectivity index (χ0n) is 12.7. The monoisotopic (exact) mass is 314 g/mol. The van der Waals surface area contributed by atoms with Crippen LogP contribution in [0.15, 0.2) is 18.2 Å². The lowest BCUT2D eigenvalue weighted by Gasteiger charge is -2.30. The Morgan fingerprint density at radius 1 is 1.38 bits per heavy atom. The summed E-state index contributed by atoms with van der Waals surface area (Å²) in [5.41, 5.74) is 0.883. The maximum atomic E-state index is 12.1. The Labute approximate surface area is 130 Å². The van der Waals surface area contributed by atoms with Gasteiger partial charge < -0.3 is 15.5 Å². The number of halogens is 1. The summed E-state index contributed by atoms with van der Waals surface area (Å²) in [6.07, 6.45) is 0. The molecule has 1 amide bonds. The highest BCUT2D eigenvalue weighted by molar-refractivity contribution is 6.33. The van der Waals surface area contributed by atoms with Gasteiger partial charge in [-0.2, -0.15) is 0 Å². The zero-order chi connectivity index (χ0) is 16.0. The zero-order valence-corrected chi connectivity index (χ0v) is 13.4. The second kappa shape index (κ2) is 7.75. The lowest BCUT2D eigenvalue weighted by molar-refractivity contribution is -0.117. The number of hydrogen-bond acceptors (Lipinski definition) is 4. The lowest BCUT2D eigenvalue weighted by Crippen LogP contribution is -2.42. The summed E-state index contributed by atoms with van der Waals surface area (Å²) in [4.78, 5) is 13.8. The Hall–Kier alpha value is -1.14. The summed E-state index contributed by atoms with van der Waals surface area (Å²) >= 11 is 6.07. The Bertz CT molecular complexity index is 470. The second-order valence-corrected chi connectivity index (χ2v) is 6.19. The fraction of sp³-hybridized carbons (Fsp3) is 0.533. The van der Waals surface area contributed by atoms with Gasteiger partial charge in [-0.25, -0.2) is 0 Å². The molecule has 0 radical (unpaired) electrons. The number of aliphatic hydroxyl groups is 2. The van der Waals surface area contributed by atoms with E-state index in [1.54, 1.807) is 24.9 Å². The number of rotatable bonds is 7. The molecule has 0 saturated heterocycles. The second-order valence-electron chi connectivity index (χ2n) is 5.78. The van der Waals surface area contributed by atoms with Gasteiger partial charge in [0.1, 0.15) is 0 Å². The van der Waals surface area contributed by atoms with Crippen molar-refractivity contribution in [2.45, 2.75) is 13.8 Å². The summed E-state index contributed by atoms with van der Waals surface area (Å²) in [5.74, 6) is -0.188. The van der Waals surface area contributed by atoms with Crippen molar-refractivity contribution in [1.29, 1.82) is 0 Å². The van der Waals surface area contributed by atoms with Crippen LogP contribution in [0.5, 0.6) is 0 Å². The number of benzene rings is 1. The fourth-order valence-corrected chi connectivity index (χ4v) is 2.34. The van der Waals surface area contributed by atoms with Gasteiger partial charge in [-0.3, -0.25) is 9.69 Å². The van der Waals surface area contributed by atoms with Gasteiger partial charge in [0, 0.05) is 12.0 Å². The lowest BCUT2D eigenvalue weighted by atomic mass is 9.92. The van der Waals surface area contributed by atoms with Gasteiger partial charge in [-0.15, -0.1) is 0 Å². The van der Waals surface area contributed by atoms with E-state index in [0.29, 0.717) is 17.3 Å². The first-order chi connectivity index (χ1) is 9.81. The molecule has 0 heterocycles. The standard InChI is InChI=1S/C15H23ClN2O3/c1-11-5-4-6-12(16)14(11)17-13(21)7-18(3)8-15(2,9-19)10-20/h4-6,19-20H,7-10H2,1-3H3,(H,17,21). The molecule has 0 aromatic heterocycles. The number of carbonyl (C=O) groups excluding carboxylic acids is 1. The van der Waals surface area contributed by atoms with Gasteiger partial charge in [0.15, 0.2) is 0 Å². The molecule has 118 valence electrons. The van der Waals surface area contributed by atoms with Crippen LogP contribution in [-0.2, 0) is 4.79 Å². The maximum Gasteiger partial charge on any atom is 0.238 e. The number of aryl methyl sites for hydroxylation is 1. The Morgan fingerprint density at radius 3 is 2.52 bits per heavy atom. The smallest absolute Gasteiger partial charge is 0.238 e. The molecule has 0 bridgehead atoms. The molecule has 0 saturated carbocycles. The Balaban J connectivity index is 2.62. The van der Waals surface area contributed by atoms with Gasteiger partial charge in [-0.05, 0) is 25.6 Å². The molecule has 0 spiro atoms. The topological polar surface area (TPSA) is 72.8 Å². The van der Waals surface area contributed by atoms with E-state index < -0.39 is 5.41 Å². The molecule has 6 heteroatoms. The highest BCUT2D eigenvalue weighted by Crippen LogP contribution is 2.25.